The SMILES string of the molecule is CCCCC1=C(C)[N]N=C1C. The van der Waals surface area contributed by atoms with Crippen molar-refractivity contribution in [3.8, 4) is 0 Å². The first-order chi connectivity index (χ1) is 5.25. The largest absolute Gasteiger partial charge is 0.155 e. The standard InChI is InChI=1S/C9H15N2/c1-4-5-6-9-7(2)10-11-8(9)3/h4-6H2,1-3H3. The zero-order valence-electron chi connectivity index (χ0n) is 7.52. The lowest BCUT2D eigenvalue weighted by molar-refractivity contribution is 0.792. The topological polar surface area (TPSA) is 26.5 Å². The highest BCUT2D eigenvalue weighted by molar-refractivity contribution is 6.00. The third-order valence-electron chi connectivity index (χ3n) is 2.00. The molecule has 0 aliphatic carbocycles. The molecule has 0 fully saturated rings. The normalized spacial score (nSPS) is 16.8. The fourth-order valence-corrected chi connectivity index (χ4v) is 1.25. The second kappa shape index (κ2) is 3.56. The lowest BCUT2D eigenvalue weighted by atomic mass is 10.0. The van der Waals surface area contributed by atoms with E-state index in [1.807, 2.05) is 13.8 Å². The number of allylic oxidation sites excluding steroid dienone is 2. The molecule has 0 saturated carbocycles. The number of rotatable bonds is 3. The van der Waals surface area contributed by atoms with E-state index in [0.29, 0.717) is 0 Å². The summed E-state index contributed by atoms with van der Waals surface area (Å²) in [4.78, 5) is 0. The summed E-state index contributed by atoms with van der Waals surface area (Å²) in [5, 5.41) is 4.02. The molecule has 0 aromatic heterocycles. The van der Waals surface area contributed by atoms with Gasteiger partial charge < -0.3 is 0 Å². The second-order valence-corrected chi connectivity index (χ2v) is 2.95. The first kappa shape index (κ1) is 8.31. The van der Waals surface area contributed by atoms with Crippen LogP contribution in [0.15, 0.2) is 16.4 Å². The van der Waals surface area contributed by atoms with E-state index in [2.05, 4.69) is 17.5 Å². The van der Waals surface area contributed by atoms with E-state index in [9.17, 15) is 0 Å². The Bertz CT molecular complexity index is 202. The monoisotopic (exact) mass is 151 g/mol. The highest BCUT2D eigenvalue weighted by Gasteiger charge is 2.12. The molecule has 0 bridgehead atoms. The lowest BCUT2D eigenvalue weighted by Gasteiger charge is -2.00. The summed E-state index contributed by atoms with van der Waals surface area (Å²) in [6.45, 7) is 6.27. The van der Waals surface area contributed by atoms with Crippen LogP contribution in [0.3, 0.4) is 0 Å². The molecular formula is C9H15N2. The molecule has 0 spiro atoms. The van der Waals surface area contributed by atoms with Gasteiger partial charge in [-0.15, -0.1) is 0 Å². The van der Waals surface area contributed by atoms with Crippen LogP contribution in [0.2, 0.25) is 0 Å². The molecule has 0 unspecified atom stereocenters. The number of nitrogens with zero attached hydrogens (tertiary/aromatic N) is 2. The first-order valence-electron chi connectivity index (χ1n) is 4.21. The van der Waals surface area contributed by atoms with E-state index in [4.69, 9.17) is 0 Å². The minimum absolute atomic E-state index is 1.11. The van der Waals surface area contributed by atoms with E-state index in [-0.39, 0.29) is 0 Å². The number of unbranched alkanes of at least 4 members (excludes halogenated alkanes) is 1. The Morgan fingerprint density at radius 3 is 2.45 bits per heavy atom. The van der Waals surface area contributed by atoms with Gasteiger partial charge in [-0.1, -0.05) is 13.3 Å². The smallest absolute Gasteiger partial charge is 0.0650 e. The summed E-state index contributed by atoms with van der Waals surface area (Å²) in [5.41, 5.74) is 7.59. The third kappa shape index (κ3) is 1.82. The Labute approximate surface area is 68.4 Å². The van der Waals surface area contributed by atoms with Crippen molar-refractivity contribution in [3.05, 3.63) is 11.3 Å². The van der Waals surface area contributed by atoms with E-state index < -0.39 is 0 Å². The van der Waals surface area contributed by atoms with Gasteiger partial charge >= 0.3 is 0 Å². The maximum absolute atomic E-state index is 4.02. The zero-order valence-corrected chi connectivity index (χ0v) is 7.52. The summed E-state index contributed by atoms with van der Waals surface area (Å²) >= 11 is 0. The van der Waals surface area contributed by atoms with Crippen LogP contribution in [0.1, 0.15) is 40.0 Å². The van der Waals surface area contributed by atoms with Crippen LogP contribution < -0.4 is 5.43 Å². The van der Waals surface area contributed by atoms with Crippen molar-refractivity contribution in [1.29, 1.82) is 0 Å². The molecule has 61 valence electrons. The van der Waals surface area contributed by atoms with E-state index >= 15 is 0 Å². The lowest BCUT2D eigenvalue weighted by Crippen LogP contribution is -1.94. The Kier molecular flexibility index (Phi) is 2.69. The van der Waals surface area contributed by atoms with Gasteiger partial charge in [0.05, 0.1) is 11.4 Å². The maximum Gasteiger partial charge on any atom is 0.0650 e. The molecular weight excluding hydrogens is 136 g/mol. The minimum atomic E-state index is 1.11. The second-order valence-electron chi connectivity index (χ2n) is 2.95. The van der Waals surface area contributed by atoms with Crippen molar-refractivity contribution in [2.24, 2.45) is 5.10 Å². The van der Waals surface area contributed by atoms with Crippen LogP contribution in [-0.2, 0) is 0 Å². The minimum Gasteiger partial charge on any atom is -0.155 e. The Morgan fingerprint density at radius 2 is 2.00 bits per heavy atom. The molecule has 0 aromatic rings. The average Bonchev–Trinajstić information content (AvgIpc) is 2.29. The van der Waals surface area contributed by atoms with Gasteiger partial charge in [0.1, 0.15) is 0 Å². The molecule has 0 aromatic carbocycles. The summed E-state index contributed by atoms with van der Waals surface area (Å²) in [6.07, 6.45) is 3.63. The van der Waals surface area contributed by atoms with Gasteiger partial charge in [-0.05, 0) is 32.3 Å². The molecule has 0 atom stereocenters. The van der Waals surface area contributed by atoms with Gasteiger partial charge in [0.15, 0.2) is 0 Å². The van der Waals surface area contributed by atoms with Crippen LogP contribution in [0.25, 0.3) is 0 Å². The number of hydrogen-bond donors (Lipinski definition) is 0. The summed E-state index contributed by atoms with van der Waals surface area (Å²) < 4.78 is 0. The number of hydrogen-bond acceptors (Lipinski definition) is 1. The predicted octanol–water partition coefficient (Wildman–Crippen LogP) is 2.44. The fourth-order valence-electron chi connectivity index (χ4n) is 1.25. The molecule has 1 aliphatic heterocycles. The molecule has 1 radical (unpaired) electrons. The predicted molar refractivity (Wildman–Crippen MR) is 47.5 cm³/mol. The molecule has 1 aliphatic rings. The molecule has 0 amide bonds. The van der Waals surface area contributed by atoms with Crippen LogP contribution in [0, 0.1) is 0 Å². The van der Waals surface area contributed by atoms with E-state index in [0.717, 1.165) is 17.8 Å². The van der Waals surface area contributed by atoms with Crippen molar-refractivity contribution in [2.45, 2.75) is 40.0 Å². The highest BCUT2D eigenvalue weighted by Crippen LogP contribution is 2.17. The quantitative estimate of drug-likeness (QED) is 0.592. The summed E-state index contributed by atoms with van der Waals surface area (Å²) in [5.74, 6) is 0. The first-order valence-corrected chi connectivity index (χ1v) is 4.21. The van der Waals surface area contributed by atoms with Gasteiger partial charge in [0.2, 0.25) is 0 Å². The molecule has 11 heavy (non-hydrogen) atoms. The van der Waals surface area contributed by atoms with Crippen LogP contribution in [0.4, 0.5) is 0 Å². The van der Waals surface area contributed by atoms with Gasteiger partial charge in [0.25, 0.3) is 0 Å². The average molecular weight is 151 g/mol. The molecule has 2 nitrogen and oxygen atoms in total. The zero-order chi connectivity index (χ0) is 8.27. The Morgan fingerprint density at radius 1 is 1.27 bits per heavy atom. The molecule has 0 N–H and O–H groups in total. The van der Waals surface area contributed by atoms with Crippen LogP contribution >= 0.6 is 0 Å². The van der Waals surface area contributed by atoms with E-state index in [1.165, 1.54) is 18.4 Å². The van der Waals surface area contributed by atoms with Crippen molar-refractivity contribution < 1.29 is 0 Å². The fraction of sp³-hybridized carbons (Fsp3) is 0.667. The van der Waals surface area contributed by atoms with E-state index in [1.54, 1.807) is 0 Å². The van der Waals surface area contributed by atoms with Gasteiger partial charge in [-0.3, -0.25) is 0 Å². The molecule has 1 heterocycles. The van der Waals surface area contributed by atoms with Crippen molar-refractivity contribution >= 4 is 5.71 Å². The summed E-state index contributed by atoms with van der Waals surface area (Å²) in [7, 11) is 0. The molecule has 0 saturated heterocycles. The molecule has 2 heteroatoms. The summed E-state index contributed by atoms with van der Waals surface area (Å²) in [6, 6.07) is 0. The van der Waals surface area contributed by atoms with Crippen molar-refractivity contribution in [1.82, 2.24) is 5.43 Å². The van der Waals surface area contributed by atoms with Gasteiger partial charge in [-0.2, -0.15) is 10.5 Å². The van der Waals surface area contributed by atoms with Crippen molar-refractivity contribution in [2.75, 3.05) is 0 Å². The maximum atomic E-state index is 4.02. The van der Waals surface area contributed by atoms with Gasteiger partial charge in [0, 0.05) is 0 Å². The highest BCUT2D eigenvalue weighted by atomic mass is 15.3. The third-order valence-corrected chi connectivity index (χ3v) is 2.00. The van der Waals surface area contributed by atoms with Crippen LogP contribution in [0.5, 0.6) is 0 Å². The van der Waals surface area contributed by atoms with Crippen molar-refractivity contribution in [3.63, 3.8) is 0 Å². The Hall–Kier alpha value is -0.790. The van der Waals surface area contributed by atoms with Gasteiger partial charge in [-0.25, -0.2) is 0 Å². The Balaban J connectivity index is 2.54. The molecule has 1 rings (SSSR count). The van der Waals surface area contributed by atoms with Crippen LogP contribution in [-0.4, -0.2) is 5.71 Å².